The van der Waals surface area contributed by atoms with Crippen molar-refractivity contribution in [3.05, 3.63) is 135 Å². The first-order chi connectivity index (χ1) is 29.8. The van der Waals surface area contributed by atoms with Crippen molar-refractivity contribution >= 4 is 122 Å². The van der Waals surface area contributed by atoms with E-state index in [-0.39, 0.29) is 76.8 Å². The van der Waals surface area contributed by atoms with E-state index in [1.807, 2.05) is 23.1 Å². The molecule has 334 valence electrons. The van der Waals surface area contributed by atoms with Gasteiger partial charge in [-0.15, -0.1) is 0 Å². The third-order valence-electron chi connectivity index (χ3n) is 9.84. The number of aldehydes is 1. The first-order valence-corrected chi connectivity index (χ1v) is 21.7. The smallest absolute Gasteiger partial charge is 0.337 e. The van der Waals surface area contributed by atoms with E-state index < -0.39 is 11.5 Å². The molecule has 63 heavy (non-hydrogen) atoms. The maximum atomic E-state index is 13.5. The van der Waals surface area contributed by atoms with Gasteiger partial charge in [0.2, 0.25) is 5.91 Å². The molecule has 8 rings (SSSR count). The summed E-state index contributed by atoms with van der Waals surface area (Å²) in [5.41, 5.74) is 2.69. The molecule has 2 aliphatic carbocycles. The van der Waals surface area contributed by atoms with Crippen molar-refractivity contribution < 1.29 is 45.0 Å². The van der Waals surface area contributed by atoms with Crippen molar-refractivity contribution in [1.82, 2.24) is 5.32 Å². The lowest BCUT2D eigenvalue weighted by molar-refractivity contribution is -0.121. The van der Waals surface area contributed by atoms with E-state index in [4.69, 9.17) is 118 Å². The van der Waals surface area contributed by atoms with Crippen molar-refractivity contribution in [2.24, 2.45) is 0 Å². The number of phenols is 4. The van der Waals surface area contributed by atoms with Crippen molar-refractivity contribution in [2.45, 2.75) is 50.4 Å². The number of carbonyl (C=O) groups is 3. The molecule has 20 heteroatoms. The number of nitrogens with zero attached hydrogens (tertiary/aromatic N) is 2. The Morgan fingerprint density at radius 3 is 1.68 bits per heavy atom. The van der Waals surface area contributed by atoms with Gasteiger partial charge in [-0.05, 0) is 67.6 Å². The number of halogens is 8. The van der Waals surface area contributed by atoms with Gasteiger partial charge in [-0.2, -0.15) is 0 Å². The Morgan fingerprint density at radius 2 is 1.16 bits per heavy atom. The van der Waals surface area contributed by atoms with Crippen LogP contribution in [0.5, 0.6) is 23.0 Å². The molecule has 5 aromatic carbocycles. The number of para-hydroxylation sites is 2. The molecule has 5 aromatic rings. The standard InChI is InChI=1S/C22H23Cl2N3O2.C7H4Cl2O3.C7H6Cl2O2.C7H4Cl2O2/c23-15-11-14(20(24)19(28)12-15)13-25-22(7-8-22)21(29)27-10-9-26(16-5-6-16)17-3-1-2-4-18(17)27;8-3-1-4(7(11)12)6(9)5(10)2-3;2*8-5-1-4(3-10)7(9)6(11)2-5/h1-4,11-12,16,25,28H,5-10,13H2;1-2,10H,(H,11,12);1-2,10-11H,3H2;1-3,11H. The lowest BCUT2D eigenvalue weighted by Gasteiger charge is -2.39. The SMILES string of the molecule is O=C(N1CCN(C2CC2)c2ccccc21)C1(NCc2cc(Cl)cc(O)c2Cl)CC1.O=C(O)c1cc(Cl)cc(O)c1Cl.O=Cc1cc(Cl)cc(O)c1Cl.OCc1cc(Cl)cc(O)c1Cl. The van der Waals surface area contributed by atoms with Gasteiger partial charge < -0.3 is 40.4 Å². The lowest BCUT2D eigenvalue weighted by Crippen LogP contribution is -2.53. The second-order valence-electron chi connectivity index (χ2n) is 14.3. The normalized spacial score (nSPS) is 14.4. The first-order valence-electron chi connectivity index (χ1n) is 18.7. The van der Waals surface area contributed by atoms with Crippen LogP contribution < -0.4 is 15.1 Å². The van der Waals surface area contributed by atoms with Crippen LogP contribution in [0.2, 0.25) is 40.2 Å². The first kappa shape index (κ1) is 50.0. The predicted molar refractivity (Wildman–Crippen MR) is 249 cm³/mol. The van der Waals surface area contributed by atoms with Gasteiger partial charge in [0, 0.05) is 81.2 Å². The largest absolute Gasteiger partial charge is 0.506 e. The molecule has 0 atom stereocenters. The summed E-state index contributed by atoms with van der Waals surface area (Å²) in [5, 5.41) is 59.2. The second kappa shape index (κ2) is 21.8. The Balaban J connectivity index is 0.000000182. The van der Waals surface area contributed by atoms with Crippen molar-refractivity contribution in [1.29, 1.82) is 0 Å². The number of nitrogens with one attached hydrogen (secondary N) is 1. The van der Waals surface area contributed by atoms with Crippen molar-refractivity contribution in [3.63, 3.8) is 0 Å². The molecule has 2 saturated carbocycles. The number of aliphatic hydroxyl groups is 1. The summed E-state index contributed by atoms with van der Waals surface area (Å²) < 4.78 is 0. The fraction of sp³-hybridized carbons (Fsp3) is 0.233. The van der Waals surface area contributed by atoms with Crippen LogP contribution in [0.25, 0.3) is 0 Å². The quantitative estimate of drug-likeness (QED) is 0.0732. The summed E-state index contributed by atoms with van der Waals surface area (Å²) in [4.78, 5) is 38.6. The van der Waals surface area contributed by atoms with Crippen LogP contribution in [-0.2, 0) is 17.9 Å². The summed E-state index contributed by atoms with van der Waals surface area (Å²) in [5.74, 6) is -1.77. The minimum Gasteiger partial charge on any atom is -0.506 e. The number of amides is 1. The number of hydrogen-bond donors (Lipinski definition) is 7. The molecular weight excluding hydrogens is 986 g/mol. The van der Waals surface area contributed by atoms with Crippen LogP contribution in [0.3, 0.4) is 0 Å². The van der Waals surface area contributed by atoms with Gasteiger partial charge in [-0.1, -0.05) is 105 Å². The van der Waals surface area contributed by atoms with Crippen LogP contribution in [0, 0.1) is 0 Å². The Kier molecular flexibility index (Phi) is 17.3. The molecule has 0 spiro atoms. The minimum absolute atomic E-state index is 0.0319. The maximum absolute atomic E-state index is 13.5. The van der Waals surface area contributed by atoms with E-state index in [9.17, 15) is 19.5 Å². The van der Waals surface area contributed by atoms with Gasteiger partial charge >= 0.3 is 5.97 Å². The number of anilines is 2. The van der Waals surface area contributed by atoms with Gasteiger partial charge in [0.25, 0.3) is 0 Å². The predicted octanol–water partition coefficient (Wildman–Crippen LogP) is 11.4. The Labute approximate surface area is 401 Å². The van der Waals surface area contributed by atoms with E-state index in [2.05, 4.69) is 16.3 Å². The number of carbonyl (C=O) groups excluding carboxylic acids is 2. The van der Waals surface area contributed by atoms with Gasteiger partial charge in [-0.3, -0.25) is 14.9 Å². The Hall–Kier alpha value is -4.05. The molecule has 0 unspecified atom stereocenters. The molecule has 1 aliphatic heterocycles. The maximum Gasteiger partial charge on any atom is 0.337 e. The average Bonchev–Trinajstić information content (AvgIpc) is 4.19. The molecule has 0 bridgehead atoms. The van der Waals surface area contributed by atoms with Crippen LogP contribution in [0.4, 0.5) is 11.4 Å². The summed E-state index contributed by atoms with van der Waals surface area (Å²) in [6, 6.07) is 19.8. The third-order valence-corrected chi connectivity index (χ3v) is 12.4. The molecule has 7 N–H and O–H groups in total. The van der Waals surface area contributed by atoms with E-state index in [1.54, 1.807) is 6.07 Å². The molecule has 0 aromatic heterocycles. The van der Waals surface area contributed by atoms with Crippen molar-refractivity contribution in [2.75, 3.05) is 22.9 Å². The van der Waals surface area contributed by atoms with E-state index >= 15 is 0 Å². The summed E-state index contributed by atoms with van der Waals surface area (Å²) in [6.45, 7) is 1.72. The zero-order chi connectivity index (χ0) is 46.3. The molecule has 0 radical (unpaired) electrons. The highest BCUT2D eigenvalue weighted by molar-refractivity contribution is 6.38. The van der Waals surface area contributed by atoms with E-state index in [0.717, 1.165) is 30.8 Å². The highest BCUT2D eigenvalue weighted by Gasteiger charge is 2.52. The molecule has 12 nitrogen and oxygen atoms in total. The highest BCUT2D eigenvalue weighted by Crippen LogP contribution is 2.45. The molecule has 3 aliphatic rings. The zero-order valence-corrected chi connectivity index (χ0v) is 38.6. The van der Waals surface area contributed by atoms with Gasteiger partial charge in [0.15, 0.2) is 6.29 Å². The fourth-order valence-corrected chi connectivity index (χ4v) is 7.98. The molecule has 2 fully saturated rings. The number of carboxylic acid groups (broad SMARTS) is 1. The number of carboxylic acids is 1. The van der Waals surface area contributed by atoms with Crippen LogP contribution in [0.15, 0.2) is 72.8 Å². The van der Waals surface area contributed by atoms with Gasteiger partial charge in [0.1, 0.15) is 23.0 Å². The third kappa shape index (κ3) is 12.6. The molecule has 1 heterocycles. The molecule has 1 amide bonds. The van der Waals surface area contributed by atoms with Crippen LogP contribution in [-0.4, -0.2) is 73.5 Å². The number of fused-ring (bicyclic) bond motifs is 1. The summed E-state index contributed by atoms with van der Waals surface area (Å²) in [7, 11) is 0. The van der Waals surface area contributed by atoms with Crippen LogP contribution >= 0.6 is 92.8 Å². The minimum atomic E-state index is -1.22. The van der Waals surface area contributed by atoms with Gasteiger partial charge in [0.05, 0.1) is 49.2 Å². The zero-order valence-electron chi connectivity index (χ0n) is 32.6. The summed E-state index contributed by atoms with van der Waals surface area (Å²) >= 11 is 45.4. The lowest BCUT2D eigenvalue weighted by atomic mass is 10.1. The number of hydrogen-bond acceptors (Lipinski definition) is 10. The molecular formula is C43H37Cl8N3O9. The Morgan fingerprint density at radius 1 is 0.667 bits per heavy atom. The number of benzene rings is 5. The van der Waals surface area contributed by atoms with E-state index in [0.29, 0.717) is 46.6 Å². The Bertz CT molecular complexity index is 2520. The number of rotatable bonds is 8. The summed E-state index contributed by atoms with van der Waals surface area (Å²) in [6.07, 6.45) is 4.60. The van der Waals surface area contributed by atoms with E-state index in [1.165, 1.54) is 55.3 Å². The fourth-order valence-electron chi connectivity index (χ4n) is 6.39. The van der Waals surface area contributed by atoms with Crippen molar-refractivity contribution in [3.8, 4) is 23.0 Å². The average molecular weight is 1020 g/mol. The number of aliphatic hydroxyl groups excluding tert-OH is 1. The number of aromatic carboxylic acids is 1. The topological polar surface area (TPSA) is 191 Å². The van der Waals surface area contributed by atoms with Gasteiger partial charge in [-0.25, -0.2) is 4.79 Å². The number of aromatic hydroxyl groups is 4. The second-order valence-corrected chi connectivity index (χ2v) is 17.6. The molecule has 0 saturated heterocycles. The van der Waals surface area contributed by atoms with Crippen LogP contribution in [0.1, 0.15) is 57.5 Å². The monoisotopic (exact) mass is 1020 g/mol. The highest BCUT2D eigenvalue weighted by atomic mass is 35.5. The number of phenolic OH excluding ortho intramolecular Hbond substituents is 4.